The zero-order valence-electron chi connectivity index (χ0n) is 48.8. The molecule has 0 atom stereocenters. The zero-order chi connectivity index (χ0) is 62.7. The van der Waals surface area contributed by atoms with E-state index in [4.69, 9.17) is 42.9 Å². The fraction of sp³-hybridized carbons (Fsp3) is 0.116. The van der Waals surface area contributed by atoms with Crippen LogP contribution in [0.5, 0.6) is 0 Å². The number of nitrogens with zero attached hydrogens (tertiary/aromatic N) is 1. The third-order valence-electron chi connectivity index (χ3n) is 15.9. The predicted molar refractivity (Wildman–Crippen MR) is 330 cm³/mol. The Kier molecular flexibility index (Phi) is 14.7. The minimum Gasteiger partial charge on any atom is -0.465 e. The molecule has 20 heteroatoms. The maximum atomic E-state index is 14.2. The molecule has 12 rings (SSSR count). The fourth-order valence-corrected chi connectivity index (χ4v) is 11.9. The highest BCUT2D eigenvalue weighted by Crippen LogP contribution is 2.50. The number of nitrogens with one attached hydrogen (secondary N) is 3. The van der Waals surface area contributed by atoms with Gasteiger partial charge in [-0.05, 0) is 65.2 Å². The minimum absolute atomic E-state index is 0.133. The number of aromatic amines is 3. The summed E-state index contributed by atoms with van der Waals surface area (Å²) in [6, 6.07) is 39.3. The van der Waals surface area contributed by atoms with Gasteiger partial charge in [0.15, 0.2) is 0 Å². The van der Waals surface area contributed by atoms with Crippen molar-refractivity contribution in [3.05, 3.63) is 184 Å². The van der Waals surface area contributed by atoms with E-state index in [0.29, 0.717) is 82.4 Å². The van der Waals surface area contributed by atoms with E-state index < -0.39 is 47.8 Å². The summed E-state index contributed by atoms with van der Waals surface area (Å²) >= 11 is 0. The molecule has 20 nitrogen and oxygen atoms in total. The third-order valence-corrected chi connectivity index (χ3v) is 15.9. The standard InChI is InChI=1S/C69H50N4O16/c1-82-62(74)43-24-35-37(26-45(43)64(76)84-3)56-52(33-20-14-10-15-21-33)58-39-28-47(66(78)86-5)49(68(80)88-7)30-41(39)60(72-58)61-42-31-50(69(81)89-8)48(67(79)87-6)29-40(42)59(73-61)53(34-22-16-11-17-23-34)57-38-27-46(65(77)85-4)44(63(75)83-2)25-36(38)55(71-57)51(54(35)70-56)32-18-12-9-13-19-32/h9-31,70-72H,1-8H3. The van der Waals surface area contributed by atoms with Crippen LogP contribution >= 0.6 is 0 Å². The monoisotopic (exact) mass is 1190 g/mol. The number of hydrogen-bond acceptors (Lipinski definition) is 17. The summed E-state index contributed by atoms with van der Waals surface area (Å²) in [6.45, 7) is 0. The van der Waals surface area contributed by atoms with Crippen molar-refractivity contribution in [2.24, 2.45) is 0 Å². The predicted octanol–water partition coefficient (Wildman–Crippen LogP) is 12.6. The Labute approximate surface area is 504 Å². The van der Waals surface area contributed by atoms with Gasteiger partial charge in [0.1, 0.15) is 0 Å². The molecule has 442 valence electrons. The van der Waals surface area contributed by atoms with E-state index in [0.717, 1.165) is 14.2 Å². The Morgan fingerprint density at radius 3 is 0.753 bits per heavy atom. The van der Waals surface area contributed by atoms with Gasteiger partial charge in [0.25, 0.3) is 0 Å². The molecular formula is C69H50N4O16. The van der Waals surface area contributed by atoms with Crippen LogP contribution in [0.15, 0.2) is 140 Å². The summed E-state index contributed by atoms with van der Waals surface area (Å²) < 4.78 is 42.7. The van der Waals surface area contributed by atoms with Gasteiger partial charge in [-0.15, -0.1) is 0 Å². The van der Waals surface area contributed by atoms with Crippen molar-refractivity contribution in [2.45, 2.75) is 0 Å². The Morgan fingerprint density at radius 1 is 0.270 bits per heavy atom. The molecule has 89 heavy (non-hydrogen) atoms. The third kappa shape index (κ3) is 9.28. The van der Waals surface area contributed by atoms with Crippen LogP contribution in [0.4, 0.5) is 0 Å². The summed E-state index contributed by atoms with van der Waals surface area (Å²) in [4.78, 5) is 130. The number of esters is 8. The molecule has 4 heterocycles. The van der Waals surface area contributed by atoms with Crippen molar-refractivity contribution in [1.82, 2.24) is 19.9 Å². The lowest BCUT2D eigenvalue weighted by molar-refractivity contribution is 0.0555. The van der Waals surface area contributed by atoms with Gasteiger partial charge < -0.3 is 52.8 Å². The van der Waals surface area contributed by atoms with E-state index in [1.54, 1.807) is 12.1 Å². The van der Waals surface area contributed by atoms with Crippen LogP contribution in [-0.2, 0) is 37.9 Å². The van der Waals surface area contributed by atoms with Crippen molar-refractivity contribution >= 4 is 113 Å². The number of carbonyl (C=O) groups is 8. The Morgan fingerprint density at radius 2 is 0.483 bits per heavy atom. The second kappa shape index (κ2) is 22.8. The fourth-order valence-electron chi connectivity index (χ4n) is 11.9. The molecule has 0 radical (unpaired) electrons. The molecule has 0 saturated heterocycles. The SMILES string of the molecule is COC(=O)c1cc2c(cc1C(=O)OC)-c1nc-2c(-c2ccccc2)c2[nH]c(c(-c3ccccc3)c3[nH]c(c(-c4ccccc4)c4[nH]c1c1cc(C(=O)OC)c(C(=O)OC)cc41)c1cc(C(=O)OC)c(C(=O)OC)cc31)c1cc(C(=O)OC)c(C(=O)OC)cc21. The molecule has 0 spiro atoms. The van der Waals surface area contributed by atoms with Crippen LogP contribution in [0.2, 0.25) is 0 Å². The second-order valence-corrected chi connectivity index (χ2v) is 20.4. The minimum atomic E-state index is -0.903. The average Bonchev–Trinajstić information content (AvgIpc) is 1.61. The van der Waals surface area contributed by atoms with E-state index in [2.05, 4.69) is 15.0 Å². The number of fused-ring (bicyclic) bond motifs is 1. The number of H-pyrrole nitrogens is 3. The van der Waals surface area contributed by atoms with Gasteiger partial charge in [0.2, 0.25) is 0 Å². The lowest BCUT2D eigenvalue weighted by atomic mass is 9.92. The van der Waals surface area contributed by atoms with E-state index in [-0.39, 0.29) is 83.4 Å². The van der Waals surface area contributed by atoms with E-state index in [1.807, 2.05) is 78.9 Å². The largest absolute Gasteiger partial charge is 0.465 e. The number of methoxy groups -OCH3 is 8. The highest BCUT2D eigenvalue weighted by molar-refractivity contribution is 6.28. The molecule has 2 aliphatic rings. The number of benzene rings is 7. The van der Waals surface area contributed by atoms with E-state index in [9.17, 15) is 38.4 Å². The van der Waals surface area contributed by atoms with Crippen molar-refractivity contribution < 1.29 is 76.3 Å². The summed E-state index contributed by atoms with van der Waals surface area (Å²) in [6.07, 6.45) is 0. The van der Waals surface area contributed by atoms with Gasteiger partial charge in [-0.3, -0.25) is 0 Å². The quantitative estimate of drug-likeness (QED) is 0.0802. The van der Waals surface area contributed by atoms with Crippen LogP contribution in [0.3, 0.4) is 0 Å². The van der Waals surface area contributed by atoms with E-state index >= 15 is 0 Å². The molecule has 1 aliphatic heterocycles. The summed E-state index contributed by atoms with van der Waals surface area (Å²) in [5.74, 6) is -7.11. The first-order valence-electron chi connectivity index (χ1n) is 27.3. The van der Waals surface area contributed by atoms with Crippen molar-refractivity contribution in [3.8, 4) is 55.9 Å². The highest BCUT2D eigenvalue weighted by atomic mass is 16.5. The van der Waals surface area contributed by atoms with Crippen LogP contribution < -0.4 is 0 Å². The number of aromatic nitrogens is 4. The average molecular weight is 1190 g/mol. The molecule has 0 amide bonds. The van der Waals surface area contributed by atoms with Gasteiger partial charge in [0, 0.05) is 60.1 Å². The van der Waals surface area contributed by atoms with Crippen LogP contribution in [0.1, 0.15) is 82.9 Å². The molecule has 1 aliphatic carbocycles. The first-order chi connectivity index (χ1) is 43.1. The van der Waals surface area contributed by atoms with Crippen molar-refractivity contribution in [2.75, 3.05) is 56.9 Å². The van der Waals surface area contributed by atoms with Crippen LogP contribution in [0.25, 0.3) is 121 Å². The van der Waals surface area contributed by atoms with Gasteiger partial charge in [-0.1, -0.05) is 91.0 Å². The normalized spacial score (nSPS) is 11.3. The number of carbonyl (C=O) groups excluding carboxylic acids is 8. The summed E-state index contributed by atoms with van der Waals surface area (Å²) in [5.41, 5.74) is 3.86. The molecule has 3 N–H and O–H groups in total. The van der Waals surface area contributed by atoms with Gasteiger partial charge in [-0.2, -0.15) is 0 Å². The highest BCUT2D eigenvalue weighted by Gasteiger charge is 2.34. The molecule has 8 bridgehead atoms. The Bertz CT molecular complexity index is 5040. The maximum absolute atomic E-state index is 14.2. The Hall–Kier alpha value is -11.9. The van der Waals surface area contributed by atoms with Crippen molar-refractivity contribution in [3.63, 3.8) is 0 Å². The molecular weight excluding hydrogens is 1140 g/mol. The van der Waals surface area contributed by atoms with Gasteiger partial charge >= 0.3 is 47.8 Å². The first kappa shape index (κ1) is 57.5. The first-order valence-corrected chi connectivity index (χ1v) is 27.3. The molecule has 0 fully saturated rings. The van der Waals surface area contributed by atoms with Crippen LogP contribution in [0, 0.1) is 0 Å². The van der Waals surface area contributed by atoms with E-state index in [1.165, 1.54) is 91.2 Å². The smallest absolute Gasteiger partial charge is 0.338 e. The summed E-state index contributed by atoms with van der Waals surface area (Å²) in [7, 11) is 9.38. The molecule has 0 saturated carbocycles. The number of hydrogen-bond donors (Lipinski definition) is 3. The lowest BCUT2D eigenvalue weighted by Gasteiger charge is -2.12. The number of ether oxygens (including phenoxy) is 8. The second-order valence-electron chi connectivity index (χ2n) is 20.4. The number of rotatable bonds is 11. The molecule has 0 unspecified atom stereocenters. The molecule has 10 aromatic rings. The molecule has 7 aromatic carbocycles. The van der Waals surface area contributed by atoms with Gasteiger partial charge in [-0.25, -0.2) is 43.3 Å². The summed E-state index contributed by atoms with van der Waals surface area (Å²) in [5, 5.41) is 1.93. The van der Waals surface area contributed by atoms with Crippen LogP contribution in [-0.4, -0.2) is 125 Å². The topological polar surface area (TPSA) is 271 Å². The van der Waals surface area contributed by atoms with Crippen molar-refractivity contribution in [1.29, 1.82) is 0 Å². The Balaban J connectivity index is 1.53. The molecule has 3 aromatic heterocycles. The lowest BCUT2D eigenvalue weighted by Crippen LogP contribution is -2.12. The van der Waals surface area contributed by atoms with Gasteiger partial charge in [0.05, 0.1) is 146 Å². The zero-order valence-corrected chi connectivity index (χ0v) is 48.8. The maximum Gasteiger partial charge on any atom is 0.338 e.